The van der Waals surface area contributed by atoms with Gasteiger partial charge in [-0.25, -0.2) is 4.79 Å². The van der Waals surface area contributed by atoms with Gasteiger partial charge in [-0.3, -0.25) is 5.41 Å². The lowest BCUT2D eigenvalue weighted by Crippen LogP contribution is -2.08. The van der Waals surface area contributed by atoms with Crippen molar-refractivity contribution in [2.45, 2.75) is 13.5 Å². The van der Waals surface area contributed by atoms with Crippen LogP contribution in [0.4, 0.5) is 0 Å². The lowest BCUT2D eigenvalue weighted by Gasteiger charge is -2.08. The molecule has 0 spiro atoms. The third kappa shape index (κ3) is 4.98. The summed E-state index contributed by atoms with van der Waals surface area (Å²) in [5, 5.41) is 8.03. The largest absolute Gasteiger partial charge is 0.486 e. The highest BCUT2D eigenvalue weighted by atomic mass is 16.5. The molecule has 0 fully saturated rings. The second-order valence-electron chi connectivity index (χ2n) is 5.54. The zero-order valence-electron chi connectivity index (χ0n) is 14.8. The van der Waals surface area contributed by atoms with E-state index >= 15 is 0 Å². The van der Waals surface area contributed by atoms with Crippen molar-refractivity contribution in [3.63, 3.8) is 0 Å². The average Bonchev–Trinajstić information content (AvgIpc) is 3.17. The first kappa shape index (κ1) is 18.3. The summed E-state index contributed by atoms with van der Waals surface area (Å²) in [5.74, 6) is 1.45. The van der Waals surface area contributed by atoms with E-state index in [-0.39, 0.29) is 18.3 Å². The number of carbonyl (C=O) groups excluding carboxylic acids is 1. The molecule has 3 aromatic rings. The molecule has 1 N–H and O–H groups in total. The molecule has 0 amide bonds. The molecule has 0 saturated heterocycles. The first-order valence-electron chi connectivity index (χ1n) is 8.46. The van der Waals surface area contributed by atoms with Gasteiger partial charge in [-0.15, -0.1) is 0 Å². The molecule has 2 aromatic carbocycles. The molecule has 0 radical (unpaired) electrons. The molecule has 27 heavy (non-hydrogen) atoms. The van der Waals surface area contributed by atoms with Crippen molar-refractivity contribution in [1.82, 2.24) is 0 Å². The van der Waals surface area contributed by atoms with Crippen molar-refractivity contribution in [1.29, 1.82) is 5.41 Å². The van der Waals surface area contributed by atoms with Gasteiger partial charge in [0.1, 0.15) is 23.9 Å². The Labute approximate surface area is 156 Å². The highest BCUT2D eigenvalue weighted by Gasteiger charge is 2.12. The van der Waals surface area contributed by atoms with Gasteiger partial charge in [0.2, 0.25) is 11.7 Å². The standard InChI is InChI=1S/C21H19NO5/c1-2-24-21(23)19-13-12-18(26-19)14-25-16-10-8-15(9-11-16)20(22)27-17-6-4-3-5-7-17/h3-13,22H,2,14H2,1H3. The van der Waals surface area contributed by atoms with Crippen molar-refractivity contribution in [3.05, 3.63) is 83.8 Å². The van der Waals surface area contributed by atoms with Crippen LogP contribution < -0.4 is 9.47 Å². The van der Waals surface area contributed by atoms with Crippen molar-refractivity contribution in [2.24, 2.45) is 0 Å². The van der Waals surface area contributed by atoms with Gasteiger partial charge < -0.3 is 18.6 Å². The molecule has 0 aliphatic heterocycles. The van der Waals surface area contributed by atoms with E-state index in [4.69, 9.17) is 24.0 Å². The third-order valence-electron chi connectivity index (χ3n) is 3.60. The minimum Gasteiger partial charge on any atom is -0.486 e. The fourth-order valence-corrected chi connectivity index (χ4v) is 2.29. The number of furan rings is 1. The highest BCUT2D eigenvalue weighted by Crippen LogP contribution is 2.18. The summed E-state index contributed by atoms with van der Waals surface area (Å²) in [6.45, 7) is 2.20. The molecular formula is C21H19NO5. The van der Waals surface area contributed by atoms with Crippen LogP contribution in [0.3, 0.4) is 0 Å². The zero-order valence-corrected chi connectivity index (χ0v) is 14.8. The monoisotopic (exact) mass is 365 g/mol. The second kappa shape index (κ2) is 8.71. The molecule has 3 rings (SSSR count). The van der Waals surface area contributed by atoms with Crippen LogP contribution in [0.25, 0.3) is 0 Å². The molecule has 0 saturated carbocycles. The normalized spacial score (nSPS) is 10.3. The zero-order chi connectivity index (χ0) is 19.1. The molecule has 0 aliphatic carbocycles. The second-order valence-corrected chi connectivity index (χ2v) is 5.54. The lowest BCUT2D eigenvalue weighted by molar-refractivity contribution is 0.0486. The highest BCUT2D eigenvalue weighted by molar-refractivity contribution is 5.93. The molecule has 0 unspecified atom stereocenters. The van der Waals surface area contributed by atoms with E-state index in [1.165, 1.54) is 0 Å². The van der Waals surface area contributed by atoms with Crippen molar-refractivity contribution in [2.75, 3.05) is 6.61 Å². The Kier molecular flexibility index (Phi) is 5.89. The molecule has 1 aromatic heterocycles. The quantitative estimate of drug-likeness (QED) is 0.380. The number of ether oxygens (including phenoxy) is 3. The van der Waals surface area contributed by atoms with Crippen LogP contribution in [-0.2, 0) is 11.3 Å². The predicted molar refractivity (Wildman–Crippen MR) is 99.3 cm³/mol. The van der Waals surface area contributed by atoms with Crippen LogP contribution in [0.2, 0.25) is 0 Å². The minimum atomic E-state index is -0.495. The number of carbonyl (C=O) groups is 1. The van der Waals surface area contributed by atoms with Crippen LogP contribution in [-0.4, -0.2) is 18.5 Å². The van der Waals surface area contributed by atoms with Crippen molar-refractivity contribution in [3.8, 4) is 11.5 Å². The number of nitrogens with one attached hydrogen (secondary N) is 1. The molecule has 6 nitrogen and oxygen atoms in total. The van der Waals surface area contributed by atoms with Gasteiger partial charge in [-0.2, -0.15) is 0 Å². The number of benzene rings is 2. The van der Waals surface area contributed by atoms with Gasteiger partial charge in [-0.1, -0.05) is 18.2 Å². The van der Waals surface area contributed by atoms with Crippen LogP contribution in [0.5, 0.6) is 11.5 Å². The van der Waals surface area contributed by atoms with Gasteiger partial charge in [0, 0.05) is 5.56 Å². The number of esters is 1. The summed E-state index contributed by atoms with van der Waals surface area (Å²) in [6.07, 6.45) is 0. The third-order valence-corrected chi connectivity index (χ3v) is 3.60. The Morgan fingerprint density at radius 1 is 0.963 bits per heavy atom. The van der Waals surface area contributed by atoms with E-state index in [1.807, 2.05) is 18.2 Å². The van der Waals surface area contributed by atoms with Gasteiger partial charge in [0.05, 0.1) is 6.61 Å². The fraction of sp³-hybridized carbons (Fsp3) is 0.143. The fourth-order valence-electron chi connectivity index (χ4n) is 2.29. The molecule has 0 aliphatic rings. The summed E-state index contributed by atoms with van der Waals surface area (Å²) in [6, 6.07) is 19.4. The molecular weight excluding hydrogens is 346 g/mol. The van der Waals surface area contributed by atoms with E-state index in [9.17, 15) is 4.79 Å². The Hall–Kier alpha value is -3.54. The van der Waals surface area contributed by atoms with Crippen LogP contribution in [0, 0.1) is 5.41 Å². The molecule has 1 heterocycles. The Balaban J connectivity index is 1.55. The summed E-state index contributed by atoms with van der Waals surface area (Å²) in [4.78, 5) is 11.6. The minimum absolute atomic E-state index is 0.0536. The topological polar surface area (TPSA) is 81.8 Å². The van der Waals surface area contributed by atoms with E-state index in [1.54, 1.807) is 55.5 Å². The molecule has 138 valence electrons. The maximum absolute atomic E-state index is 11.6. The first-order chi connectivity index (χ1) is 13.2. The predicted octanol–water partition coefficient (Wildman–Crippen LogP) is 4.44. The van der Waals surface area contributed by atoms with E-state index in [2.05, 4.69) is 0 Å². The molecule has 0 bridgehead atoms. The summed E-state index contributed by atoms with van der Waals surface area (Å²) < 4.78 is 21.4. The lowest BCUT2D eigenvalue weighted by atomic mass is 10.2. The van der Waals surface area contributed by atoms with E-state index < -0.39 is 5.97 Å². The maximum Gasteiger partial charge on any atom is 0.374 e. The number of para-hydroxylation sites is 1. The van der Waals surface area contributed by atoms with Crippen LogP contribution >= 0.6 is 0 Å². The van der Waals surface area contributed by atoms with Gasteiger partial charge in [0.25, 0.3) is 0 Å². The van der Waals surface area contributed by atoms with Crippen LogP contribution in [0.1, 0.15) is 28.8 Å². The Bertz CT molecular complexity index is 900. The first-order valence-corrected chi connectivity index (χ1v) is 8.46. The van der Waals surface area contributed by atoms with Gasteiger partial charge in [-0.05, 0) is 55.5 Å². The molecule has 6 heteroatoms. The summed E-state index contributed by atoms with van der Waals surface area (Å²) >= 11 is 0. The summed E-state index contributed by atoms with van der Waals surface area (Å²) in [7, 11) is 0. The number of rotatable bonds is 7. The van der Waals surface area contributed by atoms with Crippen molar-refractivity contribution >= 4 is 11.9 Å². The van der Waals surface area contributed by atoms with Gasteiger partial charge >= 0.3 is 5.97 Å². The SMILES string of the molecule is CCOC(=O)c1ccc(COc2ccc(C(=N)Oc3ccccc3)cc2)o1. The summed E-state index contributed by atoms with van der Waals surface area (Å²) in [5.41, 5.74) is 0.633. The van der Waals surface area contributed by atoms with Crippen molar-refractivity contribution < 1.29 is 23.4 Å². The Morgan fingerprint density at radius 2 is 1.70 bits per heavy atom. The van der Waals surface area contributed by atoms with Gasteiger partial charge in [0.15, 0.2) is 0 Å². The smallest absolute Gasteiger partial charge is 0.374 e. The van der Waals surface area contributed by atoms with E-state index in [0.717, 1.165) is 0 Å². The number of hydrogen-bond donors (Lipinski definition) is 1. The maximum atomic E-state index is 11.6. The number of hydrogen-bond acceptors (Lipinski definition) is 6. The van der Waals surface area contributed by atoms with E-state index in [0.29, 0.717) is 29.4 Å². The van der Waals surface area contributed by atoms with Crippen LogP contribution in [0.15, 0.2) is 71.1 Å². The average molecular weight is 365 g/mol. The molecule has 0 atom stereocenters. The Morgan fingerprint density at radius 3 is 2.41 bits per heavy atom.